The van der Waals surface area contributed by atoms with E-state index in [1.165, 1.54) is 39.8 Å². The maximum atomic E-state index is 11.4. The third-order valence-corrected chi connectivity index (χ3v) is 3.54. The van der Waals surface area contributed by atoms with E-state index in [1.54, 1.807) is 6.07 Å². The van der Waals surface area contributed by atoms with Crippen LogP contribution in [0.3, 0.4) is 0 Å². The van der Waals surface area contributed by atoms with Crippen LogP contribution in [-0.4, -0.2) is 18.6 Å². The molecule has 0 amide bonds. The van der Waals surface area contributed by atoms with E-state index in [4.69, 9.17) is 5.14 Å². The highest BCUT2D eigenvalue weighted by molar-refractivity contribution is 7.89. The average molecular weight is 273 g/mol. The quantitative estimate of drug-likeness (QED) is 0.758. The van der Waals surface area contributed by atoms with Gasteiger partial charge in [-0.2, -0.15) is 0 Å². The first-order chi connectivity index (χ1) is 7.82. The number of nitrogens with two attached hydrogens (primary N) is 1. The number of benzene rings is 1. The molecule has 0 aliphatic carbocycles. The largest absolute Gasteiger partial charge is 0.386 e. The Bertz CT molecular complexity index is 518. The van der Waals surface area contributed by atoms with Gasteiger partial charge >= 0.3 is 0 Å². The molecule has 0 unspecified atom stereocenters. The molecule has 1 aromatic rings. The molecule has 102 valence electrons. The van der Waals surface area contributed by atoms with Crippen LogP contribution in [0.25, 0.3) is 0 Å². The van der Waals surface area contributed by atoms with Crippen LogP contribution in [0.4, 0.5) is 0 Å². The second kappa shape index (κ2) is 4.31. The summed E-state index contributed by atoms with van der Waals surface area (Å²) in [4.78, 5) is -0.126. The summed E-state index contributed by atoms with van der Waals surface area (Å²) in [5.74, 6) is 0. The van der Waals surface area contributed by atoms with Crippen LogP contribution in [0.1, 0.15) is 38.8 Å². The van der Waals surface area contributed by atoms with E-state index in [9.17, 15) is 18.6 Å². The molecule has 0 atom stereocenters. The fraction of sp³-hybridized carbons (Fsp3) is 0.500. The van der Waals surface area contributed by atoms with Gasteiger partial charge in [0.2, 0.25) is 10.0 Å². The van der Waals surface area contributed by atoms with E-state index in [0.29, 0.717) is 11.1 Å². The number of hydrogen-bond acceptors (Lipinski definition) is 4. The summed E-state index contributed by atoms with van der Waals surface area (Å²) in [6.45, 7) is 6.12. The van der Waals surface area contributed by atoms with Gasteiger partial charge in [-0.25, -0.2) is 13.6 Å². The predicted octanol–water partition coefficient (Wildman–Crippen LogP) is 0.789. The van der Waals surface area contributed by atoms with Gasteiger partial charge in [0.15, 0.2) is 0 Å². The maximum Gasteiger partial charge on any atom is 0.238 e. The molecule has 0 aliphatic heterocycles. The Labute approximate surface area is 107 Å². The Morgan fingerprint density at radius 1 is 0.944 bits per heavy atom. The molecule has 0 heterocycles. The fourth-order valence-electron chi connectivity index (χ4n) is 1.47. The van der Waals surface area contributed by atoms with Crippen LogP contribution in [0.15, 0.2) is 23.1 Å². The first-order valence-corrected chi connectivity index (χ1v) is 7.00. The Morgan fingerprint density at radius 3 is 1.50 bits per heavy atom. The number of primary sulfonamides is 1. The Kier molecular flexibility index (Phi) is 3.62. The minimum absolute atomic E-state index is 0.126. The molecule has 0 fully saturated rings. The van der Waals surface area contributed by atoms with Gasteiger partial charge < -0.3 is 10.2 Å². The van der Waals surface area contributed by atoms with Crippen LogP contribution in [0.5, 0.6) is 0 Å². The number of hydrogen-bond donors (Lipinski definition) is 3. The minimum Gasteiger partial charge on any atom is -0.386 e. The summed E-state index contributed by atoms with van der Waals surface area (Å²) in [5.41, 5.74) is -1.68. The molecule has 0 aliphatic rings. The molecule has 0 saturated heterocycles. The second-order valence-corrected chi connectivity index (χ2v) is 6.97. The standard InChI is InChI=1S/C12H19NO4S/c1-11(2,14)8-5-9(12(3,4)15)7-10(6-8)18(13,16)17/h5-7,14-15H,1-4H3,(H2,13,16,17). The lowest BCUT2D eigenvalue weighted by Gasteiger charge is -2.24. The summed E-state index contributed by atoms with van der Waals surface area (Å²) in [6.07, 6.45) is 0. The molecule has 1 aromatic carbocycles. The van der Waals surface area contributed by atoms with Gasteiger partial charge in [0.05, 0.1) is 16.1 Å². The van der Waals surface area contributed by atoms with Crippen LogP contribution in [0, 0.1) is 0 Å². The van der Waals surface area contributed by atoms with E-state index in [0.717, 1.165) is 0 Å². The molecule has 4 N–H and O–H groups in total. The molecule has 0 bridgehead atoms. The Hall–Kier alpha value is -0.950. The van der Waals surface area contributed by atoms with Crippen molar-refractivity contribution in [3.63, 3.8) is 0 Å². The minimum atomic E-state index is -3.89. The summed E-state index contributed by atoms with van der Waals surface area (Å²) < 4.78 is 22.8. The van der Waals surface area contributed by atoms with Crippen LogP contribution >= 0.6 is 0 Å². The van der Waals surface area contributed by atoms with Crippen molar-refractivity contribution < 1.29 is 18.6 Å². The molecule has 0 radical (unpaired) electrons. The fourth-order valence-corrected chi connectivity index (χ4v) is 2.05. The molecule has 0 spiro atoms. The molecular weight excluding hydrogens is 254 g/mol. The van der Waals surface area contributed by atoms with Crippen LogP contribution in [-0.2, 0) is 21.2 Å². The van der Waals surface area contributed by atoms with Crippen LogP contribution < -0.4 is 5.14 Å². The molecule has 0 saturated carbocycles. The highest BCUT2D eigenvalue weighted by Crippen LogP contribution is 2.29. The molecular formula is C12H19NO4S. The van der Waals surface area contributed by atoms with Crippen molar-refractivity contribution in [2.45, 2.75) is 43.8 Å². The molecule has 0 aromatic heterocycles. The van der Waals surface area contributed by atoms with Crippen molar-refractivity contribution in [2.75, 3.05) is 0 Å². The number of rotatable bonds is 3. The monoisotopic (exact) mass is 273 g/mol. The first kappa shape index (κ1) is 15.1. The van der Waals surface area contributed by atoms with Crippen molar-refractivity contribution in [1.82, 2.24) is 0 Å². The number of aliphatic hydroxyl groups is 2. The lowest BCUT2D eigenvalue weighted by atomic mass is 9.91. The van der Waals surface area contributed by atoms with Crippen molar-refractivity contribution in [3.05, 3.63) is 29.3 Å². The first-order valence-electron chi connectivity index (χ1n) is 5.45. The van der Waals surface area contributed by atoms with E-state index < -0.39 is 21.2 Å². The third kappa shape index (κ3) is 3.52. The van der Waals surface area contributed by atoms with Gasteiger partial charge in [-0.3, -0.25) is 0 Å². The summed E-state index contributed by atoms with van der Waals surface area (Å²) in [7, 11) is -3.89. The highest BCUT2D eigenvalue weighted by atomic mass is 32.2. The van der Waals surface area contributed by atoms with Gasteiger partial charge in [-0.15, -0.1) is 0 Å². The van der Waals surface area contributed by atoms with E-state index in [2.05, 4.69) is 0 Å². The van der Waals surface area contributed by atoms with E-state index in [-0.39, 0.29) is 4.90 Å². The third-order valence-electron chi connectivity index (χ3n) is 2.65. The Balaban J connectivity index is 3.60. The van der Waals surface area contributed by atoms with Crippen molar-refractivity contribution >= 4 is 10.0 Å². The smallest absolute Gasteiger partial charge is 0.238 e. The normalized spacial score (nSPS) is 13.7. The maximum absolute atomic E-state index is 11.4. The van der Waals surface area contributed by atoms with Crippen molar-refractivity contribution in [1.29, 1.82) is 0 Å². The van der Waals surface area contributed by atoms with Gasteiger partial charge in [-0.1, -0.05) is 6.07 Å². The lowest BCUT2D eigenvalue weighted by molar-refractivity contribution is 0.0713. The SMILES string of the molecule is CC(C)(O)c1cc(C(C)(C)O)cc(S(N)(=O)=O)c1. The second-order valence-electron chi connectivity index (χ2n) is 5.41. The summed E-state index contributed by atoms with van der Waals surface area (Å²) in [5, 5.41) is 25.0. The zero-order valence-corrected chi connectivity index (χ0v) is 11.7. The molecule has 6 heteroatoms. The Morgan fingerprint density at radius 2 is 1.28 bits per heavy atom. The zero-order chi connectivity index (χ0) is 14.4. The number of sulfonamides is 1. The van der Waals surface area contributed by atoms with Crippen molar-refractivity contribution in [3.8, 4) is 0 Å². The van der Waals surface area contributed by atoms with Gasteiger partial charge in [0, 0.05) is 0 Å². The zero-order valence-electron chi connectivity index (χ0n) is 10.9. The van der Waals surface area contributed by atoms with Crippen LogP contribution in [0.2, 0.25) is 0 Å². The topological polar surface area (TPSA) is 101 Å². The van der Waals surface area contributed by atoms with Gasteiger partial charge in [0.25, 0.3) is 0 Å². The van der Waals surface area contributed by atoms with E-state index >= 15 is 0 Å². The summed E-state index contributed by atoms with van der Waals surface area (Å²) >= 11 is 0. The molecule has 5 nitrogen and oxygen atoms in total. The average Bonchev–Trinajstić information content (AvgIpc) is 2.13. The molecule has 1 rings (SSSR count). The van der Waals surface area contributed by atoms with E-state index in [1.807, 2.05) is 0 Å². The van der Waals surface area contributed by atoms with Gasteiger partial charge in [0.1, 0.15) is 0 Å². The lowest BCUT2D eigenvalue weighted by Crippen LogP contribution is -2.22. The van der Waals surface area contributed by atoms with Gasteiger partial charge in [-0.05, 0) is 51.0 Å². The summed E-state index contributed by atoms with van der Waals surface area (Å²) in [6, 6.07) is 4.18. The highest BCUT2D eigenvalue weighted by Gasteiger charge is 2.25. The van der Waals surface area contributed by atoms with Crippen molar-refractivity contribution in [2.24, 2.45) is 5.14 Å². The molecule has 18 heavy (non-hydrogen) atoms. The predicted molar refractivity (Wildman–Crippen MR) is 68.3 cm³/mol.